The van der Waals surface area contributed by atoms with Crippen LogP contribution in [-0.4, -0.2) is 55.7 Å². The van der Waals surface area contributed by atoms with Gasteiger partial charge >= 0.3 is 12.0 Å². The first kappa shape index (κ1) is 14.7. The van der Waals surface area contributed by atoms with E-state index in [1.54, 1.807) is 22.9 Å². The van der Waals surface area contributed by atoms with E-state index in [2.05, 4.69) is 10.3 Å². The Bertz CT molecular complexity index is 491. The fourth-order valence-electron chi connectivity index (χ4n) is 2.12. The third kappa shape index (κ3) is 3.66. The number of nitrogens with one attached hydrogen (secondary N) is 1. The molecule has 20 heavy (non-hydrogen) atoms. The van der Waals surface area contributed by atoms with Crippen molar-refractivity contribution in [2.24, 2.45) is 7.05 Å². The molecule has 1 atom stereocenters. The number of carbonyl (C=O) groups excluding carboxylic acids is 1. The van der Waals surface area contributed by atoms with Crippen LogP contribution in [0.2, 0.25) is 0 Å². The van der Waals surface area contributed by atoms with E-state index in [0.29, 0.717) is 18.8 Å². The summed E-state index contributed by atoms with van der Waals surface area (Å²) in [5, 5.41) is 11.7. The summed E-state index contributed by atoms with van der Waals surface area (Å²) in [4.78, 5) is 28.8. The van der Waals surface area contributed by atoms with Crippen LogP contribution in [0.5, 0.6) is 0 Å². The van der Waals surface area contributed by atoms with Gasteiger partial charge in [0, 0.05) is 37.5 Å². The second kappa shape index (κ2) is 6.65. The molecule has 1 unspecified atom stereocenters. The first-order valence-corrected chi connectivity index (χ1v) is 7.53. The Hall–Kier alpha value is -1.70. The molecular formula is C12H18N4O3S. The summed E-state index contributed by atoms with van der Waals surface area (Å²) >= 11 is 1.68. The van der Waals surface area contributed by atoms with Crippen molar-refractivity contribution in [3.8, 4) is 0 Å². The molecule has 2 N–H and O–H groups in total. The van der Waals surface area contributed by atoms with Crippen LogP contribution < -0.4 is 5.32 Å². The maximum Gasteiger partial charge on any atom is 0.318 e. The van der Waals surface area contributed by atoms with E-state index in [1.165, 1.54) is 0 Å². The number of aliphatic carboxylic acids is 1. The summed E-state index contributed by atoms with van der Waals surface area (Å²) in [6.45, 7) is 0.917. The van der Waals surface area contributed by atoms with E-state index < -0.39 is 5.97 Å². The Morgan fingerprint density at radius 2 is 2.40 bits per heavy atom. The Labute approximate surface area is 121 Å². The van der Waals surface area contributed by atoms with Crippen LogP contribution in [0.15, 0.2) is 12.4 Å². The highest BCUT2D eigenvalue weighted by atomic mass is 32.2. The van der Waals surface area contributed by atoms with E-state index in [4.69, 9.17) is 5.11 Å². The number of nitrogens with zero attached hydrogens (tertiary/aromatic N) is 3. The second-order valence-corrected chi connectivity index (χ2v) is 5.78. The fraction of sp³-hybridized carbons (Fsp3) is 0.583. The predicted molar refractivity (Wildman–Crippen MR) is 75.5 cm³/mol. The lowest BCUT2D eigenvalue weighted by Crippen LogP contribution is -2.51. The third-order valence-electron chi connectivity index (χ3n) is 3.22. The van der Waals surface area contributed by atoms with Crippen molar-refractivity contribution < 1.29 is 14.7 Å². The van der Waals surface area contributed by atoms with Crippen molar-refractivity contribution >= 4 is 23.8 Å². The minimum absolute atomic E-state index is 0.0111. The molecule has 2 heterocycles. The quantitative estimate of drug-likeness (QED) is 0.846. The van der Waals surface area contributed by atoms with E-state index >= 15 is 0 Å². The average Bonchev–Trinajstić information content (AvgIpc) is 2.81. The van der Waals surface area contributed by atoms with Crippen molar-refractivity contribution in [2.45, 2.75) is 19.0 Å². The molecular weight excluding hydrogens is 280 g/mol. The zero-order valence-electron chi connectivity index (χ0n) is 11.3. The van der Waals surface area contributed by atoms with Crippen LogP contribution in [0, 0.1) is 0 Å². The average molecular weight is 298 g/mol. The number of hydrogen-bond acceptors (Lipinski definition) is 4. The van der Waals surface area contributed by atoms with Gasteiger partial charge in [0.05, 0.1) is 19.0 Å². The number of urea groups is 1. The van der Waals surface area contributed by atoms with Gasteiger partial charge in [0.1, 0.15) is 5.82 Å². The van der Waals surface area contributed by atoms with E-state index in [1.807, 2.05) is 17.8 Å². The van der Waals surface area contributed by atoms with Crippen molar-refractivity contribution in [3.05, 3.63) is 18.2 Å². The highest BCUT2D eigenvalue weighted by Gasteiger charge is 2.28. The summed E-state index contributed by atoms with van der Waals surface area (Å²) in [6, 6.07) is -0.466. The van der Waals surface area contributed by atoms with Crippen LogP contribution in [-0.2, 0) is 18.4 Å². The molecule has 1 saturated heterocycles. The van der Waals surface area contributed by atoms with Gasteiger partial charge in [-0.05, 0) is 0 Å². The molecule has 0 aliphatic carbocycles. The molecule has 7 nitrogen and oxygen atoms in total. The molecule has 1 aliphatic heterocycles. The van der Waals surface area contributed by atoms with Gasteiger partial charge < -0.3 is 19.9 Å². The normalized spacial score (nSPS) is 18.9. The maximum absolute atomic E-state index is 12.2. The standard InChI is InChI=1S/C12H18N4O3S/c1-15-3-2-13-10(15)7-14-12(19)16-4-5-20-8-9(16)6-11(17)18/h2-3,9H,4-8H2,1H3,(H,14,19)(H,17,18). The summed E-state index contributed by atoms with van der Waals surface area (Å²) in [7, 11) is 1.86. The molecule has 1 aromatic rings. The van der Waals surface area contributed by atoms with Crippen molar-refractivity contribution in [1.82, 2.24) is 19.8 Å². The third-order valence-corrected chi connectivity index (χ3v) is 4.31. The van der Waals surface area contributed by atoms with Crippen LogP contribution in [0.25, 0.3) is 0 Å². The lowest BCUT2D eigenvalue weighted by atomic mass is 10.2. The van der Waals surface area contributed by atoms with E-state index in [9.17, 15) is 9.59 Å². The molecule has 0 radical (unpaired) electrons. The highest BCUT2D eigenvalue weighted by Crippen LogP contribution is 2.19. The maximum atomic E-state index is 12.2. The molecule has 2 rings (SSSR count). The minimum Gasteiger partial charge on any atom is -0.481 e. The Kier molecular flexibility index (Phi) is 4.89. The van der Waals surface area contributed by atoms with Gasteiger partial charge in [-0.1, -0.05) is 0 Å². The Morgan fingerprint density at radius 1 is 1.60 bits per heavy atom. The van der Waals surface area contributed by atoms with Gasteiger partial charge in [-0.15, -0.1) is 0 Å². The van der Waals surface area contributed by atoms with Gasteiger partial charge in [-0.3, -0.25) is 4.79 Å². The largest absolute Gasteiger partial charge is 0.481 e. The zero-order chi connectivity index (χ0) is 14.5. The van der Waals surface area contributed by atoms with Crippen LogP contribution in [0.3, 0.4) is 0 Å². The number of carboxylic acids is 1. The molecule has 0 spiro atoms. The highest BCUT2D eigenvalue weighted by molar-refractivity contribution is 7.99. The number of imidazole rings is 1. The molecule has 8 heteroatoms. The number of hydrogen-bond donors (Lipinski definition) is 2. The van der Waals surface area contributed by atoms with Crippen molar-refractivity contribution in [3.63, 3.8) is 0 Å². The van der Waals surface area contributed by atoms with Gasteiger partial charge in [-0.25, -0.2) is 9.78 Å². The summed E-state index contributed by atoms with van der Waals surface area (Å²) in [5.41, 5.74) is 0. The molecule has 1 aliphatic rings. The van der Waals surface area contributed by atoms with Gasteiger partial charge in [0.15, 0.2) is 0 Å². The van der Waals surface area contributed by atoms with E-state index in [0.717, 1.165) is 11.6 Å². The van der Waals surface area contributed by atoms with Crippen molar-refractivity contribution in [2.75, 3.05) is 18.1 Å². The smallest absolute Gasteiger partial charge is 0.318 e. The van der Waals surface area contributed by atoms with Crippen LogP contribution in [0.1, 0.15) is 12.2 Å². The number of thioether (sulfide) groups is 1. The summed E-state index contributed by atoms with van der Waals surface area (Å²) in [5.74, 6) is 1.40. The number of carboxylic acid groups (broad SMARTS) is 1. The van der Waals surface area contributed by atoms with Gasteiger partial charge in [0.25, 0.3) is 0 Å². The first-order valence-electron chi connectivity index (χ1n) is 6.38. The van der Waals surface area contributed by atoms with Gasteiger partial charge in [0.2, 0.25) is 0 Å². The molecule has 1 aromatic heterocycles. The minimum atomic E-state index is -0.876. The number of amides is 2. The van der Waals surface area contributed by atoms with Crippen molar-refractivity contribution in [1.29, 1.82) is 0 Å². The van der Waals surface area contributed by atoms with E-state index in [-0.39, 0.29) is 18.5 Å². The predicted octanol–water partition coefficient (Wildman–Crippen LogP) is 0.522. The SMILES string of the molecule is Cn1ccnc1CNC(=O)N1CCSCC1CC(=O)O. The fourth-order valence-corrected chi connectivity index (χ4v) is 3.18. The molecule has 2 amide bonds. The molecule has 0 bridgehead atoms. The monoisotopic (exact) mass is 298 g/mol. The Morgan fingerprint density at radius 3 is 3.05 bits per heavy atom. The molecule has 1 fully saturated rings. The zero-order valence-corrected chi connectivity index (χ0v) is 12.1. The summed E-state index contributed by atoms with van der Waals surface area (Å²) in [6.07, 6.45) is 3.47. The number of rotatable bonds is 4. The summed E-state index contributed by atoms with van der Waals surface area (Å²) < 4.78 is 1.83. The second-order valence-electron chi connectivity index (χ2n) is 4.63. The number of carbonyl (C=O) groups is 2. The van der Waals surface area contributed by atoms with Crippen LogP contribution >= 0.6 is 11.8 Å². The molecule has 0 aromatic carbocycles. The van der Waals surface area contributed by atoms with Gasteiger partial charge in [-0.2, -0.15) is 11.8 Å². The van der Waals surface area contributed by atoms with Crippen LogP contribution in [0.4, 0.5) is 4.79 Å². The first-order chi connectivity index (χ1) is 9.58. The molecule has 0 saturated carbocycles. The topological polar surface area (TPSA) is 87.5 Å². The Balaban J connectivity index is 1.92. The lowest BCUT2D eigenvalue weighted by Gasteiger charge is -2.34. The number of aryl methyl sites for hydroxylation is 1. The number of aromatic nitrogens is 2. The molecule has 110 valence electrons. The lowest BCUT2D eigenvalue weighted by molar-refractivity contribution is -0.138.